The molecule has 1 amide bonds. The molecule has 0 spiro atoms. The first kappa shape index (κ1) is 15.5. The lowest BCUT2D eigenvalue weighted by Crippen LogP contribution is -2.39. The number of fused-ring (bicyclic) bond motifs is 1. The molecule has 0 aliphatic carbocycles. The average molecular weight is 318 g/mol. The van der Waals surface area contributed by atoms with Crippen LogP contribution in [0.2, 0.25) is 0 Å². The molecule has 0 radical (unpaired) electrons. The zero-order chi connectivity index (χ0) is 16.1. The number of nitrogens with zero attached hydrogens (tertiary/aromatic N) is 5. The predicted octanol–water partition coefficient (Wildman–Crippen LogP) is -0.213. The fraction of sp³-hybridized carbons (Fsp3) is 0.500. The Morgan fingerprint density at radius 1 is 1.48 bits per heavy atom. The maximum Gasteiger partial charge on any atom is 0.222 e. The molecular formula is C14H18N6O3. The van der Waals surface area contributed by atoms with Gasteiger partial charge in [-0.05, 0) is 0 Å². The lowest BCUT2D eigenvalue weighted by atomic mass is 10.2. The van der Waals surface area contributed by atoms with E-state index in [1.54, 1.807) is 24.2 Å². The number of nitrogens with one attached hydrogen (secondary N) is 1. The van der Waals surface area contributed by atoms with Crippen LogP contribution in [0.5, 0.6) is 0 Å². The van der Waals surface area contributed by atoms with Crippen LogP contribution in [0, 0.1) is 0 Å². The summed E-state index contributed by atoms with van der Waals surface area (Å²) in [5, 5.41) is 11.2. The first-order valence-electron chi connectivity index (χ1n) is 7.33. The largest absolute Gasteiger partial charge is 0.384 e. The van der Waals surface area contributed by atoms with Gasteiger partial charge >= 0.3 is 0 Å². The molecule has 0 bridgehead atoms. The molecule has 122 valence electrons. The van der Waals surface area contributed by atoms with Crippen LogP contribution in [0.4, 0.5) is 0 Å². The topological polar surface area (TPSA) is 104 Å². The fourth-order valence-electron chi connectivity index (χ4n) is 2.34. The van der Waals surface area contributed by atoms with Crippen molar-refractivity contribution in [1.82, 2.24) is 30.3 Å². The van der Waals surface area contributed by atoms with Gasteiger partial charge in [-0.2, -0.15) is 0 Å². The Morgan fingerprint density at radius 3 is 3.09 bits per heavy atom. The molecule has 2 aromatic rings. The molecule has 23 heavy (non-hydrogen) atoms. The van der Waals surface area contributed by atoms with Crippen LogP contribution in [-0.4, -0.2) is 57.2 Å². The molecular weight excluding hydrogens is 300 g/mol. The monoisotopic (exact) mass is 318 g/mol. The summed E-state index contributed by atoms with van der Waals surface area (Å²) >= 11 is 0. The van der Waals surface area contributed by atoms with Crippen LogP contribution in [0.3, 0.4) is 0 Å². The summed E-state index contributed by atoms with van der Waals surface area (Å²) < 4.78 is 12.5. The number of aromatic nitrogens is 5. The number of methoxy groups -OCH3 is 1. The van der Waals surface area contributed by atoms with Gasteiger partial charge in [0.05, 0.1) is 31.6 Å². The summed E-state index contributed by atoms with van der Waals surface area (Å²) in [4.78, 5) is 19.6. The third kappa shape index (κ3) is 3.69. The fourth-order valence-corrected chi connectivity index (χ4v) is 2.34. The molecule has 0 aromatic carbocycles. The number of hydrogen-bond acceptors (Lipinski definition) is 7. The predicted molar refractivity (Wildman–Crippen MR) is 79.1 cm³/mol. The summed E-state index contributed by atoms with van der Waals surface area (Å²) in [5.41, 5.74) is 2.43. The van der Waals surface area contributed by atoms with E-state index < -0.39 is 0 Å². The first-order valence-corrected chi connectivity index (χ1v) is 7.33. The van der Waals surface area contributed by atoms with E-state index in [2.05, 4.69) is 25.6 Å². The van der Waals surface area contributed by atoms with Gasteiger partial charge in [-0.25, -0.2) is 14.6 Å². The van der Waals surface area contributed by atoms with Gasteiger partial charge in [-0.1, -0.05) is 5.21 Å². The van der Waals surface area contributed by atoms with Crippen LogP contribution in [0.1, 0.15) is 12.1 Å². The van der Waals surface area contributed by atoms with Crippen molar-refractivity contribution >= 4 is 5.91 Å². The Hall–Kier alpha value is -2.39. The number of carbonyl (C=O) groups is 1. The van der Waals surface area contributed by atoms with Crippen molar-refractivity contribution in [2.24, 2.45) is 0 Å². The zero-order valence-corrected chi connectivity index (χ0v) is 12.8. The molecule has 1 aliphatic heterocycles. The van der Waals surface area contributed by atoms with Crippen molar-refractivity contribution in [2.45, 2.75) is 25.7 Å². The lowest BCUT2D eigenvalue weighted by molar-refractivity contribution is -0.123. The lowest BCUT2D eigenvalue weighted by Gasteiger charge is -2.24. The van der Waals surface area contributed by atoms with E-state index in [0.717, 1.165) is 17.0 Å². The van der Waals surface area contributed by atoms with Gasteiger partial charge in [0, 0.05) is 38.0 Å². The van der Waals surface area contributed by atoms with Gasteiger partial charge < -0.3 is 14.8 Å². The van der Waals surface area contributed by atoms with Crippen molar-refractivity contribution in [3.05, 3.63) is 24.4 Å². The Labute approximate surface area is 133 Å². The van der Waals surface area contributed by atoms with E-state index in [4.69, 9.17) is 9.47 Å². The minimum Gasteiger partial charge on any atom is -0.384 e. The van der Waals surface area contributed by atoms with Crippen LogP contribution in [0.15, 0.2) is 18.7 Å². The highest BCUT2D eigenvalue weighted by molar-refractivity contribution is 5.75. The summed E-state index contributed by atoms with van der Waals surface area (Å²) in [6.07, 6.45) is 5.07. The quantitative estimate of drug-likeness (QED) is 0.785. The van der Waals surface area contributed by atoms with Gasteiger partial charge in [0.2, 0.25) is 5.91 Å². The maximum atomic E-state index is 11.6. The maximum absolute atomic E-state index is 11.6. The van der Waals surface area contributed by atoms with Crippen molar-refractivity contribution in [1.29, 1.82) is 0 Å². The van der Waals surface area contributed by atoms with Crippen LogP contribution >= 0.6 is 0 Å². The van der Waals surface area contributed by atoms with E-state index in [9.17, 15) is 4.79 Å². The Morgan fingerprint density at radius 2 is 2.30 bits per heavy atom. The molecule has 3 rings (SSSR count). The van der Waals surface area contributed by atoms with E-state index in [0.29, 0.717) is 32.7 Å². The third-order valence-corrected chi connectivity index (χ3v) is 3.56. The standard InChI is InChI=1S/C14H18N6O3/c1-22-3-2-13(21)17-6-11-7-20-12(8-23-11)14(18-19-20)10-4-15-9-16-5-10/h4-5,9,11H,2-3,6-8H2,1H3,(H,17,21). The number of amides is 1. The number of ether oxygens (including phenoxy) is 2. The molecule has 0 saturated heterocycles. The summed E-state index contributed by atoms with van der Waals surface area (Å²) in [6, 6.07) is 0. The van der Waals surface area contributed by atoms with E-state index in [1.165, 1.54) is 6.33 Å². The summed E-state index contributed by atoms with van der Waals surface area (Å²) in [5.74, 6) is -0.0537. The smallest absolute Gasteiger partial charge is 0.222 e. The van der Waals surface area contributed by atoms with E-state index >= 15 is 0 Å². The van der Waals surface area contributed by atoms with Crippen molar-refractivity contribution < 1.29 is 14.3 Å². The van der Waals surface area contributed by atoms with Gasteiger partial charge in [0.15, 0.2) is 0 Å². The number of carbonyl (C=O) groups excluding carboxylic acids is 1. The number of rotatable bonds is 6. The molecule has 0 saturated carbocycles. The zero-order valence-electron chi connectivity index (χ0n) is 12.8. The molecule has 0 fully saturated rings. The van der Waals surface area contributed by atoms with E-state index in [-0.39, 0.29) is 12.0 Å². The van der Waals surface area contributed by atoms with Crippen LogP contribution in [-0.2, 0) is 27.4 Å². The molecule has 1 aliphatic rings. The number of hydrogen-bond donors (Lipinski definition) is 1. The highest BCUT2D eigenvalue weighted by Gasteiger charge is 2.24. The molecule has 9 heteroatoms. The minimum absolute atomic E-state index is 0.0537. The van der Waals surface area contributed by atoms with Crippen molar-refractivity contribution in [3.63, 3.8) is 0 Å². The molecule has 1 atom stereocenters. The second-order valence-corrected chi connectivity index (χ2v) is 5.17. The normalized spacial score (nSPS) is 16.8. The van der Waals surface area contributed by atoms with Gasteiger partial charge in [-0.3, -0.25) is 4.79 Å². The highest BCUT2D eigenvalue weighted by atomic mass is 16.5. The third-order valence-electron chi connectivity index (χ3n) is 3.56. The van der Waals surface area contributed by atoms with E-state index in [1.807, 2.05) is 0 Å². The van der Waals surface area contributed by atoms with Crippen molar-refractivity contribution in [2.75, 3.05) is 20.3 Å². The molecule has 2 aromatic heterocycles. The first-order chi connectivity index (χ1) is 11.3. The van der Waals surface area contributed by atoms with Crippen molar-refractivity contribution in [3.8, 4) is 11.3 Å². The van der Waals surface area contributed by atoms with Crippen LogP contribution in [0.25, 0.3) is 11.3 Å². The highest BCUT2D eigenvalue weighted by Crippen LogP contribution is 2.23. The summed E-state index contributed by atoms with van der Waals surface area (Å²) in [6.45, 7) is 1.77. The Balaban J connectivity index is 1.60. The molecule has 1 unspecified atom stereocenters. The minimum atomic E-state index is -0.129. The molecule has 9 nitrogen and oxygen atoms in total. The Bertz CT molecular complexity index is 660. The van der Waals surface area contributed by atoms with Gasteiger partial charge in [-0.15, -0.1) is 5.10 Å². The summed E-state index contributed by atoms with van der Waals surface area (Å²) in [7, 11) is 1.57. The van der Waals surface area contributed by atoms with Gasteiger partial charge in [0.1, 0.15) is 12.0 Å². The van der Waals surface area contributed by atoms with Crippen LogP contribution < -0.4 is 5.32 Å². The SMILES string of the molecule is COCCC(=O)NCC1Cn2nnc(-c3cncnc3)c2CO1. The Kier molecular flexibility index (Phi) is 4.89. The van der Waals surface area contributed by atoms with Gasteiger partial charge in [0.25, 0.3) is 0 Å². The molecule has 1 N–H and O–H groups in total. The average Bonchev–Trinajstić information content (AvgIpc) is 3.02. The molecule has 3 heterocycles. The second-order valence-electron chi connectivity index (χ2n) is 5.17. The second kappa shape index (κ2) is 7.25.